The Morgan fingerprint density at radius 2 is 1.96 bits per heavy atom. The highest BCUT2D eigenvalue weighted by molar-refractivity contribution is 7.92. The zero-order chi connectivity index (χ0) is 18.2. The molecule has 1 aliphatic heterocycles. The highest BCUT2D eigenvalue weighted by atomic mass is 35.5. The van der Waals surface area contributed by atoms with E-state index in [1.165, 1.54) is 0 Å². The molecule has 1 atom stereocenters. The molecule has 1 aliphatic rings. The number of rotatable bonds is 4. The van der Waals surface area contributed by atoms with Crippen LogP contribution in [0, 0.1) is 0 Å². The van der Waals surface area contributed by atoms with Crippen LogP contribution in [0.15, 0.2) is 36.4 Å². The lowest BCUT2D eigenvalue weighted by molar-refractivity contribution is 0.295. The molecule has 1 unspecified atom stereocenters. The summed E-state index contributed by atoms with van der Waals surface area (Å²) in [7, 11) is -1.26. The molecule has 3 rings (SSSR count). The smallest absolute Gasteiger partial charge is 0.232 e. The van der Waals surface area contributed by atoms with Gasteiger partial charge in [-0.25, -0.2) is 8.42 Å². The number of nitrogens with zero attached hydrogens (tertiary/aromatic N) is 1. The van der Waals surface area contributed by atoms with Gasteiger partial charge >= 0.3 is 0 Å². The summed E-state index contributed by atoms with van der Waals surface area (Å²) < 4.78 is 26.3. The number of sulfonamides is 1. The summed E-state index contributed by atoms with van der Waals surface area (Å²) in [6.07, 6.45) is 0. The molecular formula is C18H21Cl3N2O2S. The van der Waals surface area contributed by atoms with Crippen molar-refractivity contribution in [1.82, 2.24) is 4.90 Å². The second kappa shape index (κ2) is 8.36. The number of hydrogen-bond donors (Lipinski definition) is 1. The van der Waals surface area contributed by atoms with Crippen LogP contribution in [-0.4, -0.2) is 32.7 Å². The third kappa shape index (κ3) is 4.65. The molecule has 0 bridgehead atoms. The van der Waals surface area contributed by atoms with Gasteiger partial charge in [0.2, 0.25) is 10.0 Å². The maximum Gasteiger partial charge on any atom is 0.232 e. The van der Waals surface area contributed by atoms with Gasteiger partial charge < -0.3 is 4.90 Å². The Hall–Kier alpha value is -0.980. The van der Waals surface area contributed by atoms with E-state index < -0.39 is 10.0 Å². The largest absolute Gasteiger partial charge is 0.301 e. The van der Waals surface area contributed by atoms with Gasteiger partial charge in [0.15, 0.2) is 0 Å². The van der Waals surface area contributed by atoms with Crippen molar-refractivity contribution in [3.8, 4) is 0 Å². The number of anilines is 1. The molecule has 0 fully saturated rings. The second-order valence-corrected chi connectivity index (χ2v) is 9.19. The molecule has 0 aliphatic carbocycles. The minimum Gasteiger partial charge on any atom is -0.301 e. The molecule has 0 aromatic heterocycles. The molecule has 0 saturated carbocycles. The summed E-state index contributed by atoms with van der Waals surface area (Å²) in [6.45, 7) is 3.19. The van der Waals surface area contributed by atoms with Gasteiger partial charge in [-0.2, -0.15) is 0 Å². The number of halogens is 3. The average molecular weight is 436 g/mol. The van der Waals surface area contributed by atoms with Crippen molar-refractivity contribution in [3.63, 3.8) is 0 Å². The molecule has 0 radical (unpaired) electrons. The van der Waals surface area contributed by atoms with Gasteiger partial charge in [0.1, 0.15) is 0 Å². The topological polar surface area (TPSA) is 49.4 Å². The molecule has 26 heavy (non-hydrogen) atoms. The Balaban J connectivity index is 0.00000243. The van der Waals surface area contributed by atoms with Gasteiger partial charge in [-0.15, -0.1) is 12.4 Å². The summed E-state index contributed by atoms with van der Waals surface area (Å²) in [5, 5.41) is 1.28. The van der Waals surface area contributed by atoms with Crippen LogP contribution in [0.2, 0.25) is 10.0 Å². The molecule has 0 spiro atoms. The van der Waals surface area contributed by atoms with Crippen molar-refractivity contribution in [2.75, 3.05) is 24.1 Å². The zero-order valence-corrected chi connectivity index (χ0v) is 17.6. The lowest BCUT2D eigenvalue weighted by atomic mass is 9.84. The van der Waals surface area contributed by atoms with Gasteiger partial charge in [0, 0.05) is 34.7 Å². The molecule has 1 heterocycles. The maximum absolute atomic E-state index is 11.8. The monoisotopic (exact) mass is 434 g/mol. The highest BCUT2D eigenvalue weighted by Gasteiger charge is 2.27. The number of nitrogens with one attached hydrogen (secondary N) is 1. The Morgan fingerprint density at radius 3 is 2.65 bits per heavy atom. The summed E-state index contributed by atoms with van der Waals surface area (Å²) in [4.78, 5) is 2.20. The highest BCUT2D eigenvalue weighted by Crippen LogP contribution is 2.38. The van der Waals surface area contributed by atoms with E-state index in [2.05, 4.69) is 9.62 Å². The summed E-state index contributed by atoms with van der Waals surface area (Å²) in [5.74, 6) is 0.119. The van der Waals surface area contributed by atoms with Gasteiger partial charge in [-0.3, -0.25) is 4.72 Å². The summed E-state index contributed by atoms with van der Waals surface area (Å²) in [5.41, 5.74) is 3.78. The standard InChI is InChI=1S/C18H20Cl2N2O2S.ClH/c1-3-25(23,24)21-14-6-4-5-12(7-14)16-10-22(2)11-17-15(16)8-13(19)9-18(17)20;/h4-9,16,21H,3,10-11H2,1-2H3;1H. The van der Waals surface area contributed by atoms with Crippen LogP contribution in [0.4, 0.5) is 5.69 Å². The van der Waals surface area contributed by atoms with Crippen molar-refractivity contribution in [3.05, 3.63) is 63.1 Å². The molecule has 142 valence electrons. The fourth-order valence-electron chi connectivity index (χ4n) is 3.20. The van der Waals surface area contributed by atoms with E-state index in [1.807, 2.05) is 31.3 Å². The van der Waals surface area contributed by atoms with Gasteiger partial charge in [-0.1, -0.05) is 35.3 Å². The minimum absolute atomic E-state index is 0. The number of hydrogen-bond acceptors (Lipinski definition) is 3. The molecule has 4 nitrogen and oxygen atoms in total. The lowest BCUT2D eigenvalue weighted by Gasteiger charge is -2.33. The quantitative estimate of drug-likeness (QED) is 0.753. The van der Waals surface area contributed by atoms with E-state index >= 15 is 0 Å². The van der Waals surface area contributed by atoms with Gasteiger partial charge in [0.05, 0.1) is 5.75 Å². The molecular weight excluding hydrogens is 415 g/mol. The van der Waals surface area contributed by atoms with E-state index in [4.69, 9.17) is 23.2 Å². The van der Waals surface area contributed by atoms with Crippen molar-refractivity contribution < 1.29 is 8.42 Å². The fourth-order valence-corrected chi connectivity index (χ4v) is 4.40. The van der Waals surface area contributed by atoms with E-state index in [0.29, 0.717) is 15.7 Å². The maximum atomic E-state index is 11.8. The van der Waals surface area contributed by atoms with Gasteiger partial charge in [0.25, 0.3) is 0 Å². The summed E-state index contributed by atoms with van der Waals surface area (Å²) >= 11 is 12.6. The predicted octanol–water partition coefficient (Wildman–Crippen LogP) is 4.75. The molecule has 0 saturated heterocycles. The summed E-state index contributed by atoms with van der Waals surface area (Å²) in [6, 6.07) is 11.2. The molecule has 0 amide bonds. The van der Waals surface area contributed by atoms with Crippen molar-refractivity contribution >= 4 is 51.3 Å². The average Bonchev–Trinajstić information content (AvgIpc) is 2.55. The van der Waals surface area contributed by atoms with Gasteiger partial charge in [-0.05, 0) is 54.9 Å². The van der Waals surface area contributed by atoms with Crippen molar-refractivity contribution in [1.29, 1.82) is 0 Å². The third-order valence-electron chi connectivity index (χ3n) is 4.43. The Labute approximate surface area is 171 Å². The van der Waals surface area contributed by atoms with E-state index in [-0.39, 0.29) is 24.1 Å². The normalized spacial score (nSPS) is 17.3. The minimum atomic E-state index is -3.31. The fraction of sp³-hybridized carbons (Fsp3) is 0.333. The van der Waals surface area contributed by atoms with Crippen LogP contribution in [0.3, 0.4) is 0 Å². The lowest BCUT2D eigenvalue weighted by Crippen LogP contribution is -2.31. The van der Waals surface area contributed by atoms with E-state index in [0.717, 1.165) is 29.8 Å². The number of benzene rings is 2. The van der Waals surface area contributed by atoms with Crippen LogP contribution in [-0.2, 0) is 16.6 Å². The van der Waals surface area contributed by atoms with Crippen LogP contribution in [0.25, 0.3) is 0 Å². The SMILES string of the molecule is CCS(=O)(=O)Nc1cccc(C2CN(C)Cc3c(Cl)cc(Cl)cc32)c1.Cl. The van der Waals surface area contributed by atoms with Crippen molar-refractivity contribution in [2.45, 2.75) is 19.4 Å². The molecule has 1 N–H and O–H groups in total. The van der Waals surface area contributed by atoms with Crippen molar-refractivity contribution in [2.24, 2.45) is 0 Å². The predicted molar refractivity (Wildman–Crippen MR) is 111 cm³/mol. The van der Waals surface area contributed by atoms with Crippen LogP contribution < -0.4 is 4.72 Å². The third-order valence-corrected chi connectivity index (χ3v) is 6.30. The zero-order valence-electron chi connectivity index (χ0n) is 14.5. The first-order valence-electron chi connectivity index (χ1n) is 8.06. The molecule has 8 heteroatoms. The van der Waals surface area contributed by atoms with Crippen LogP contribution in [0.1, 0.15) is 29.5 Å². The first kappa shape index (κ1) is 21.3. The van der Waals surface area contributed by atoms with E-state index in [1.54, 1.807) is 19.1 Å². The van der Waals surface area contributed by atoms with Crippen LogP contribution in [0.5, 0.6) is 0 Å². The Morgan fingerprint density at radius 1 is 1.23 bits per heavy atom. The molecule has 2 aromatic rings. The number of likely N-dealkylation sites (N-methyl/N-ethyl adjacent to an activating group) is 1. The number of fused-ring (bicyclic) bond motifs is 1. The first-order chi connectivity index (χ1) is 11.8. The first-order valence-corrected chi connectivity index (χ1v) is 10.5. The Bertz CT molecular complexity index is 903. The second-order valence-electron chi connectivity index (χ2n) is 6.34. The Kier molecular flexibility index (Phi) is 6.86. The van der Waals surface area contributed by atoms with Crippen LogP contribution >= 0.6 is 35.6 Å². The molecule has 2 aromatic carbocycles. The van der Waals surface area contributed by atoms with E-state index in [9.17, 15) is 8.42 Å².